The summed E-state index contributed by atoms with van der Waals surface area (Å²) < 4.78 is 16.9. The van der Waals surface area contributed by atoms with Gasteiger partial charge in [-0.15, -0.1) is 0 Å². The third-order valence-electron chi connectivity index (χ3n) is 13.1. The van der Waals surface area contributed by atoms with E-state index in [1.807, 2.05) is 0 Å². The topological polar surface area (TPSA) is 78.9 Å². The van der Waals surface area contributed by atoms with Crippen LogP contribution in [0.25, 0.3) is 0 Å². The van der Waals surface area contributed by atoms with Gasteiger partial charge in [0.1, 0.15) is 13.2 Å². The first-order chi connectivity index (χ1) is 33.0. The Kier molecular flexibility index (Phi) is 54.2. The van der Waals surface area contributed by atoms with Gasteiger partial charge in [0.2, 0.25) is 0 Å². The third kappa shape index (κ3) is 54.4. The van der Waals surface area contributed by atoms with E-state index in [-0.39, 0.29) is 31.1 Å². The van der Waals surface area contributed by atoms with E-state index < -0.39 is 6.10 Å². The van der Waals surface area contributed by atoms with Gasteiger partial charge in [-0.2, -0.15) is 0 Å². The van der Waals surface area contributed by atoms with Crippen LogP contribution < -0.4 is 0 Å². The normalized spacial score (nSPS) is 12.2. The van der Waals surface area contributed by atoms with Gasteiger partial charge in [-0.05, 0) is 77.0 Å². The summed E-state index contributed by atoms with van der Waals surface area (Å²) in [5.74, 6) is -0.872. The number of allylic oxidation sites excluding steroid dienone is 6. The summed E-state index contributed by atoms with van der Waals surface area (Å²) in [6.07, 6.45) is 67.0. The molecule has 0 radical (unpaired) electrons. The summed E-state index contributed by atoms with van der Waals surface area (Å²) in [5.41, 5.74) is 0. The molecule has 0 heterocycles. The van der Waals surface area contributed by atoms with Crippen LogP contribution in [0.1, 0.15) is 316 Å². The monoisotopic (exact) mass is 941 g/mol. The van der Waals surface area contributed by atoms with Crippen LogP contribution in [0.15, 0.2) is 36.5 Å². The van der Waals surface area contributed by atoms with Gasteiger partial charge in [0.15, 0.2) is 6.10 Å². The van der Waals surface area contributed by atoms with Gasteiger partial charge in [0.25, 0.3) is 0 Å². The van der Waals surface area contributed by atoms with Gasteiger partial charge in [-0.3, -0.25) is 14.4 Å². The molecule has 0 saturated heterocycles. The zero-order chi connectivity index (χ0) is 48.6. The maximum Gasteiger partial charge on any atom is 0.306 e. The fourth-order valence-corrected chi connectivity index (χ4v) is 8.65. The standard InChI is InChI=1S/C61H112O6/c1-4-7-10-13-16-19-22-25-28-29-30-31-34-36-39-42-45-48-51-54-60(63)66-57-58(67-61(64)55-52-49-46-43-40-37-33-27-24-21-18-15-12-9-6-3)56-65-59(62)53-50-47-44-41-38-35-32-26-23-20-17-14-11-8-5-2/h18,21,25,27-28,33,58H,4-17,19-20,22-24,26,29-32,34-57H2,1-3H3/b21-18-,28-25-,33-27-/t58-/m1/s1. The van der Waals surface area contributed by atoms with E-state index >= 15 is 0 Å². The van der Waals surface area contributed by atoms with Gasteiger partial charge in [0, 0.05) is 19.3 Å². The molecular weight excluding hydrogens is 829 g/mol. The van der Waals surface area contributed by atoms with E-state index in [9.17, 15) is 14.4 Å². The molecular formula is C61H112O6. The van der Waals surface area contributed by atoms with Crippen molar-refractivity contribution in [2.24, 2.45) is 0 Å². The SMILES string of the molecule is CCCCC/C=C\C/C=C\CCCCCCCC(=O)O[C@@H](COC(=O)CCCCCCCCCCC/C=C\CCCCCCCC)COC(=O)CCCCCCCCCCCCCCCCC. The average Bonchev–Trinajstić information content (AvgIpc) is 3.33. The number of rotatable bonds is 54. The van der Waals surface area contributed by atoms with Crippen LogP contribution in [0.4, 0.5) is 0 Å². The first kappa shape index (κ1) is 64.6. The molecule has 0 aliphatic carbocycles. The Morgan fingerprint density at radius 2 is 0.537 bits per heavy atom. The Morgan fingerprint density at radius 3 is 0.866 bits per heavy atom. The lowest BCUT2D eigenvalue weighted by Crippen LogP contribution is -2.30. The van der Waals surface area contributed by atoms with Crippen LogP contribution in [0.3, 0.4) is 0 Å². The van der Waals surface area contributed by atoms with Crippen molar-refractivity contribution in [3.8, 4) is 0 Å². The molecule has 0 aliphatic rings. The lowest BCUT2D eigenvalue weighted by atomic mass is 10.0. The first-order valence-corrected chi connectivity index (χ1v) is 29.5. The quantitative estimate of drug-likeness (QED) is 0.0262. The predicted molar refractivity (Wildman–Crippen MR) is 289 cm³/mol. The second-order valence-corrected chi connectivity index (χ2v) is 19.9. The molecule has 0 aromatic carbocycles. The molecule has 0 fully saturated rings. The van der Waals surface area contributed by atoms with Crippen LogP contribution in [0.2, 0.25) is 0 Å². The summed E-state index contributed by atoms with van der Waals surface area (Å²) in [7, 11) is 0. The lowest BCUT2D eigenvalue weighted by Gasteiger charge is -2.18. The minimum Gasteiger partial charge on any atom is -0.462 e. The van der Waals surface area contributed by atoms with Crippen molar-refractivity contribution in [1.29, 1.82) is 0 Å². The summed E-state index contributed by atoms with van der Waals surface area (Å²) in [5, 5.41) is 0. The Morgan fingerprint density at radius 1 is 0.299 bits per heavy atom. The molecule has 0 N–H and O–H groups in total. The Bertz CT molecular complexity index is 1130. The van der Waals surface area contributed by atoms with Crippen molar-refractivity contribution in [3.63, 3.8) is 0 Å². The van der Waals surface area contributed by atoms with E-state index in [1.165, 1.54) is 193 Å². The van der Waals surface area contributed by atoms with Gasteiger partial charge in [-0.1, -0.05) is 256 Å². The Hall–Kier alpha value is -2.37. The summed E-state index contributed by atoms with van der Waals surface area (Å²) >= 11 is 0. The maximum atomic E-state index is 12.8. The van der Waals surface area contributed by atoms with Gasteiger partial charge in [0.05, 0.1) is 0 Å². The number of hydrogen-bond donors (Lipinski definition) is 0. The highest BCUT2D eigenvalue weighted by Gasteiger charge is 2.19. The molecule has 67 heavy (non-hydrogen) atoms. The van der Waals surface area contributed by atoms with Gasteiger partial charge >= 0.3 is 17.9 Å². The molecule has 0 spiro atoms. The highest BCUT2D eigenvalue weighted by Crippen LogP contribution is 2.16. The van der Waals surface area contributed by atoms with E-state index in [0.29, 0.717) is 19.3 Å². The smallest absolute Gasteiger partial charge is 0.306 e. The van der Waals surface area contributed by atoms with Crippen LogP contribution in [-0.4, -0.2) is 37.2 Å². The highest BCUT2D eigenvalue weighted by atomic mass is 16.6. The van der Waals surface area contributed by atoms with Crippen molar-refractivity contribution >= 4 is 17.9 Å². The van der Waals surface area contributed by atoms with Gasteiger partial charge in [-0.25, -0.2) is 0 Å². The molecule has 0 rings (SSSR count). The average molecular weight is 942 g/mol. The number of ether oxygens (including phenoxy) is 3. The van der Waals surface area contributed by atoms with Crippen LogP contribution >= 0.6 is 0 Å². The second-order valence-electron chi connectivity index (χ2n) is 19.9. The predicted octanol–water partition coefficient (Wildman–Crippen LogP) is 19.7. The number of hydrogen-bond acceptors (Lipinski definition) is 6. The number of carbonyl (C=O) groups is 3. The molecule has 392 valence electrons. The third-order valence-corrected chi connectivity index (χ3v) is 13.1. The molecule has 0 aliphatic heterocycles. The largest absolute Gasteiger partial charge is 0.462 e. The molecule has 6 nitrogen and oxygen atoms in total. The molecule has 1 atom stereocenters. The van der Waals surface area contributed by atoms with E-state index in [4.69, 9.17) is 14.2 Å². The summed E-state index contributed by atoms with van der Waals surface area (Å²) in [4.78, 5) is 38.2. The zero-order valence-electron chi connectivity index (χ0n) is 44.9. The van der Waals surface area contributed by atoms with Crippen LogP contribution in [-0.2, 0) is 28.6 Å². The fraction of sp³-hybridized carbons (Fsp3) is 0.852. The van der Waals surface area contributed by atoms with Crippen molar-refractivity contribution in [3.05, 3.63) is 36.5 Å². The molecule has 0 bridgehead atoms. The molecule has 0 aromatic rings. The number of unbranched alkanes of at least 4 members (excludes halogenated alkanes) is 37. The molecule has 0 unspecified atom stereocenters. The van der Waals surface area contributed by atoms with E-state index in [1.54, 1.807) is 0 Å². The zero-order valence-corrected chi connectivity index (χ0v) is 44.9. The molecule has 0 aromatic heterocycles. The van der Waals surface area contributed by atoms with Crippen LogP contribution in [0, 0.1) is 0 Å². The fourth-order valence-electron chi connectivity index (χ4n) is 8.65. The number of esters is 3. The van der Waals surface area contributed by atoms with E-state index in [2.05, 4.69) is 57.2 Å². The minimum atomic E-state index is -0.777. The molecule has 0 amide bonds. The maximum absolute atomic E-state index is 12.8. The second kappa shape index (κ2) is 56.2. The highest BCUT2D eigenvalue weighted by molar-refractivity contribution is 5.71. The van der Waals surface area contributed by atoms with Crippen molar-refractivity contribution in [2.75, 3.05) is 13.2 Å². The summed E-state index contributed by atoms with van der Waals surface area (Å²) in [6, 6.07) is 0. The number of carbonyl (C=O) groups excluding carboxylic acids is 3. The Labute approximate surface area is 416 Å². The molecule has 0 saturated carbocycles. The van der Waals surface area contributed by atoms with Crippen molar-refractivity contribution < 1.29 is 28.6 Å². The lowest BCUT2D eigenvalue weighted by molar-refractivity contribution is -0.167. The molecule has 6 heteroatoms. The van der Waals surface area contributed by atoms with Crippen molar-refractivity contribution in [2.45, 2.75) is 322 Å². The minimum absolute atomic E-state index is 0.0747. The summed E-state index contributed by atoms with van der Waals surface area (Å²) in [6.45, 7) is 6.64. The first-order valence-electron chi connectivity index (χ1n) is 29.5. The Balaban J connectivity index is 4.34. The van der Waals surface area contributed by atoms with Crippen LogP contribution in [0.5, 0.6) is 0 Å². The van der Waals surface area contributed by atoms with E-state index in [0.717, 1.165) is 83.5 Å². The van der Waals surface area contributed by atoms with Crippen molar-refractivity contribution in [1.82, 2.24) is 0 Å². The van der Waals surface area contributed by atoms with Gasteiger partial charge < -0.3 is 14.2 Å².